The third kappa shape index (κ3) is 4.89. The molecule has 1 atom stereocenters. The quantitative estimate of drug-likeness (QED) is 0.883. The normalized spacial score (nSPS) is 26.7. The Hall–Kier alpha value is -1.43. The van der Waals surface area contributed by atoms with Gasteiger partial charge in [0.15, 0.2) is 0 Å². The summed E-state index contributed by atoms with van der Waals surface area (Å²) in [6, 6.07) is 10.9. The number of carbonyl (C=O) groups is 1. The minimum absolute atomic E-state index is 0.0426. The molecule has 3 saturated heterocycles. The lowest BCUT2D eigenvalue weighted by molar-refractivity contribution is -0.136. The molecular formula is C22H32N2O3. The zero-order chi connectivity index (χ0) is 18.5. The third-order valence-electron chi connectivity index (χ3n) is 6.45. The van der Waals surface area contributed by atoms with Crippen LogP contribution in [-0.2, 0) is 20.8 Å². The first-order chi connectivity index (χ1) is 13.2. The summed E-state index contributed by atoms with van der Waals surface area (Å²) in [6.45, 7) is 5.34. The minimum Gasteiger partial charge on any atom is -0.381 e. The van der Waals surface area contributed by atoms with Crippen molar-refractivity contribution >= 4 is 5.91 Å². The first kappa shape index (κ1) is 18.9. The Morgan fingerprint density at radius 3 is 2.56 bits per heavy atom. The Labute approximate surface area is 162 Å². The molecule has 3 aliphatic rings. The number of amides is 1. The fourth-order valence-corrected chi connectivity index (χ4v) is 4.74. The van der Waals surface area contributed by atoms with Gasteiger partial charge in [0.05, 0.1) is 5.60 Å². The maximum Gasteiger partial charge on any atom is 0.223 e. The first-order valence-corrected chi connectivity index (χ1v) is 10.5. The Morgan fingerprint density at radius 1 is 1.07 bits per heavy atom. The van der Waals surface area contributed by atoms with Crippen molar-refractivity contribution in [3.05, 3.63) is 35.9 Å². The van der Waals surface area contributed by atoms with Crippen molar-refractivity contribution in [2.75, 3.05) is 32.9 Å². The van der Waals surface area contributed by atoms with Crippen molar-refractivity contribution < 1.29 is 14.3 Å². The van der Waals surface area contributed by atoms with E-state index in [0.717, 1.165) is 64.8 Å². The highest BCUT2D eigenvalue weighted by molar-refractivity contribution is 5.79. The summed E-state index contributed by atoms with van der Waals surface area (Å²) in [5.41, 5.74) is 1.33. The number of rotatable bonds is 4. The summed E-state index contributed by atoms with van der Waals surface area (Å²) < 4.78 is 11.6. The molecule has 27 heavy (non-hydrogen) atoms. The molecule has 0 aliphatic carbocycles. The fourth-order valence-electron chi connectivity index (χ4n) is 4.74. The average molecular weight is 373 g/mol. The van der Waals surface area contributed by atoms with Crippen LogP contribution in [0.1, 0.15) is 44.1 Å². The van der Waals surface area contributed by atoms with Gasteiger partial charge < -0.3 is 14.8 Å². The fraction of sp³-hybridized carbons (Fsp3) is 0.682. The van der Waals surface area contributed by atoms with E-state index in [-0.39, 0.29) is 23.5 Å². The van der Waals surface area contributed by atoms with Gasteiger partial charge in [-0.1, -0.05) is 30.3 Å². The summed E-state index contributed by atoms with van der Waals surface area (Å²) in [5, 5.41) is 3.32. The molecule has 1 spiro atoms. The molecule has 1 N–H and O–H groups in total. The number of carbonyl (C=O) groups excluding carboxylic acids is 1. The number of ether oxygens (including phenoxy) is 2. The Morgan fingerprint density at radius 2 is 1.81 bits per heavy atom. The van der Waals surface area contributed by atoms with E-state index >= 15 is 0 Å². The van der Waals surface area contributed by atoms with Gasteiger partial charge in [-0.3, -0.25) is 9.69 Å². The molecule has 3 fully saturated rings. The van der Waals surface area contributed by atoms with E-state index in [0.29, 0.717) is 13.2 Å². The Balaban J connectivity index is 1.27. The predicted molar refractivity (Wildman–Crippen MR) is 104 cm³/mol. The second-order valence-electron chi connectivity index (χ2n) is 8.38. The zero-order valence-electron chi connectivity index (χ0n) is 16.2. The lowest BCUT2D eigenvalue weighted by Gasteiger charge is -2.46. The molecule has 148 valence electrons. The van der Waals surface area contributed by atoms with Crippen molar-refractivity contribution in [3.8, 4) is 0 Å². The second kappa shape index (κ2) is 8.72. The molecule has 5 nitrogen and oxygen atoms in total. The van der Waals surface area contributed by atoms with E-state index in [4.69, 9.17) is 9.47 Å². The van der Waals surface area contributed by atoms with Crippen LogP contribution in [0, 0.1) is 5.92 Å². The summed E-state index contributed by atoms with van der Waals surface area (Å²) in [5.74, 6) is 0.354. The van der Waals surface area contributed by atoms with Crippen molar-refractivity contribution in [1.29, 1.82) is 0 Å². The van der Waals surface area contributed by atoms with Crippen molar-refractivity contribution in [2.45, 2.75) is 56.7 Å². The van der Waals surface area contributed by atoms with Crippen LogP contribution in [0.2, 0.25) is 0 Å². The van der Waals surface area contributed by atoms with E-state index in [9.17, 15) is 4.79 Å². The van der Waals surface area contributed by atoms with Gasteiger partial charge in [-0.05, 0) is 44.1 Å². The van der Waals surface area contributed by atoms with E-state index < -0.39 is 0 Å². The molecule has 1 aromatic carbocycles. The van der Waals surface area contributed by atoms with Crippen LogP contribution in [0.4, 0.5) is 0 Å². The van der Waals surface area contributed by atoms with Crippen LogP contribution < -0.4 is 5.32 Å². The molecule has 1 amide bonds. The first-order valence-electron chi connectivity index (χ1n) is 10.5. The van der Waals surface area contributed by atoms with Crippen LogP contribution in [0.3, 0.4) is 0 Å². The number of benzene rings is 1. The van der Waals surface area contributed by atoms with E-state index in [1.807, 2.05) is 0 Å². The molecule has 3 heterocycles. The molecule has 0 radical (unpaired) electrons. The number of hydrogen-bond donors (Lipinski definition) is 1. The summed E-state index contributed by atoms with van der Waals surface area (Å²) >= 11 is 0. The van der Waals surface area contributed by atoms with Crippen LogP contribution in [0.15, 0.2) is 30.3 Å². The van der Waals surface area contributed by atoms with Crippen molar-refractivity contribution in [2.24, 2.45) is 5.92 Å². The summed E-state index contributed by atoms with van der Waals surface area (Å²) in [4.78, 5) is 15.1. The lowest BCUT2D eigenvalue weighted by Crippen LogP contribution is -2.54. The lowest BCUT2D eigenvalue weighted by atomic mass is 9.82. The van der Waals surface area contributed by atoms with Crippen molar-refractivity contribution in [3.63, 3.8) is 0 Å². The zero-order valence-corrected chi connectivity index (χ0v) is 16.2. The number of likely N-dealkylation sites (tertiary alicyclic amines) is 1. The largest absolute Gasteiger partial charge is 0.381 e. The molecule has 3 aliphatic heterocycles. The molecular weight excluding hydrogens is 340 g/mol. The minimum atomic E-state index is -0.0426. The van der Waals surface area contributed by atoms with Crippen LogP contribution >= 0.6 is 0 Å². The SMILES string of the molecule is O=C(NC1CCOC2(CCN(Cc3ccccc3)CC2)C1)C1CCOCC1. The number of piperidine rings is 1. The van der Waals surface area contributed by atoms with E-state index in [2.05, 4.69) is 40.5 Å². The molecule has 4 rings (SSSR count). The molecule has 0 saturated carbocycles. The number of hydrogen-bond acceptors (Lipinski definition) is 4. The van der Waals surface area contributed by atoms with Crippen molar-refractivity contribution in [1.82, 2.24) is 10.2 Å². The highest BCUT2D eigenvalue weighted by Crippen LogP contribution is 2.35. The standard InChI is InChI=1S/C22H32N2O3/c25-21(19-6-13-26-14-7-19)23-20-8-15-27-22(16-20)9-11-24(12-10-22)17-18-4-2-1-3-5-18/h1-5,19-20H,6-17H2,(H,23,25). The molecule has 1 aromatic rings. The maximum atomic E-state index is 12.6. The van der Waals surface area contributed by atoms with Gasteiger partial charge in [-0.2, -0.15) is 0 Å². The number of nitrogens with zero attached hydrogens (tertiary/aromatic N) is 1. The highest BCUT2D eigenvalue weighted by atomic mass is 16.5. The van der Waals surface area contributed by atoms with E-state index in [1.54, 1.807) is 0 Å². The van der Waals surface area contributed by atoms with Crippen LogP contribution in [0.25, 0.3) is 0 Å². The number of nitrogens with one attached hydrogen (secondary N) is 1. The summed E-state index contributed by atoms with van der Waals surface area (Å²) in [6.07, 6.45) is 5.72. The van der Waals surface area contributed by atoms with Gasteiger partial charge in [0.1, 0.15) is 0 Å². The van der Waals surface area contributed by atoms with Gasteiger partial charge in [0.2, 0.25) is 5.91 Å². The van der Waals surface area contributed by atoms with Gasteiger partial charge in [0.25, 0.3) is 0 Å². The monoisotopic (exact) mass is 372 g/mol. The Bertz CT molecular complexity index is 607. The topological polar surface area (TPSA) is 50.8 Å². The molecule has 5 heteroatoms. The van der Waals surface area contributed by atoms with Crippen LogP contribution in [-0.4, -0.2) is 55.4 Å². The molecule has 0 bridgehead atoms. The highest BCUT2D eigenvalue weighted by Gasteiger charge is 2.41. The third-order valence-corrected chi connectivity index (χ3v) is 6.45. The van der Waals surface area contributed by atoms with E-state index in [1.165, 1.54) is 5.56 Å². The second-order valence-corrected chi connectivity index (χ2v) is 8.38. The van der Waals surface area contributed by atoms with Gasteiger partial charge in [-0.15, -0.1) is 0 Å². The molecule has 0 aromatic heterocycles. The maximum absolute atomic E-state index is 12.6. The smallest absolute Gasteiger partial charge is 0.223 e. The Kier molecular flexibility index (Phi) is 6.11. The van der Waals surface area contributed by atoms with Crippen LogP contribution in [0.5, 0.6) is 0 Å². The van der Waals surface area contributed by atoms with Gasteiger partial charge in [0, 0.05) is 51.4 Å². The molecule has 1 unspecified atom stereocenters. The van der Waals surface area contributed by atoms with Gasteiger partial charge in [-0.25, -0.2) is 0 Å². The van der Waals surface area contributed by atoms with Gasteiger partial charge >= 0.3 is 0 Å². The average Bonchev–Trinajstić information content (AvgIpc) is 2.72. The predicted octanol–water partition coefficient (Wildman–Crippen LogP) is 2.74. The summed E-state index contributed by atoms with van der Waals surface area (Å²) in [7, 11) is 0.